The Kier molecular flexibility index (Phi) is 4.37. The maximum absolute atomic E-state index is 11.8. The molecule has 0 aliphatic heterocycles. The number of nitrogens with zero attached hydrogens (tertiary/aromatic N) is 1. The van der Waals surface area contributed by atoms with Crippen molar-refractivity contribution in [3.05, 3.63) is 28.7 Å². The normalized spacial score (nSPS) is 16.1. The van der Waals surface area contributed by atoms with E-state index in [0.29, 0.717) is 24.6 Å². The number of carbonyl (C=O) groups is 1. The third-order valence-corrected chi connectivity index (χ3v) is 3.38. The summed E-state index contributed by atoms with van der Waals surface area (Å²) in [5.41, 5.74) is 6.53. The van der Waals surface area contributed by atoms with Crippen LogP contribution in [0.1, 0.15) is 32.6 Å². The van der Waals surface area contributed by atoms with Gasteiger partial charge < -0.3 is 15.6 Å². The van der Waals surface area contributed by atoms with Crippen LogP contribution in [0.3, 0.4) is 0 Å². The summed E-state index contributed by atoms with van der Waals surface area (Å²) in [6, 6.07) is 3.07. The van der Waals surface area contributed by atoms with Crippen LogP contribution in [0.4, 0.5) is 5.69 Å². The molecule has 1 fully saturated rings. The van der Waals surface area contributed by atoms with Gasteiger partial charge in [0.2, 0.25) is 5.91 Å². The summed E-state index contributed by atoms with van der Waals surface area (Å²) in [5, 5.41) is 2.80. The van der Waals surface area contributed by atoms with Gasteiger partial charge in [-0.3, -0.25) is 9.59 Å². The molecular weight excluding hydrogens is 242 g/mol. The lowest BCUT2D eigenvalue weighted by molar-refractivity contribution is -0.116. The first kappa shape index (κ1) is 13.8. The maximum atomic E-state index is 11.8. The van der Waals surface area contributed by atoms with Crippen LogP contribution in [-0.4, -0.2) is 16.5 Å². The molecule has 104 valence electrons. The second-order valence-electron chi connectivity index (χ2n) is 5.20. The molecule has 19 heavy (non-hydrogen) atoms. The van der Waals surface area contributed by atoms with E-state index in [1.807, 2.05) is 6.92 Å². The first-order chi connectivity index (χ1) is 9.10. The largest absolute Gasteiger partial charge is 0.327 e. The summed E-state index contributed by atoms with van der Waals surface area (Å²) >= 11 is 0. The zero-order valence-electron chi connectivity index (χ0n) is 11.3. The lowest BCUT2D eigenvalue weighted by Gasteiger charge is -2.11. The lowest BCUT2D eigenvalue weighted by Crippen LogP contribution is -2.29. The van der Waals surface area contributed by atoms with Gasteiger partial charge in [0, 0.05) is 31.3 Å². The molecule has 1 aliphatic carbocycles. The molecule has 0 aromatic carbocycles. The first-order valence-corrected chi connectivity index (χ1v) is 6.86. The SMILES string of the molecule is CCCn1cc(NC(=O)CC(N)C2CC2)ccc1=O. The zero-order valence-corrected chi connectivity index (χ0v) is 11.3. The van der Waals surface area contributed by atoms with Crippen molar-refractivity contribution < 1.29 is 4.79 Å². The Balaban J connectivity index is 1.95. The summed E-state index contributed by atoms with van der Waals surface area (Å²) in [5.74, 6) is 0.431. The highest BCUT2D eigenvalue weighted by molar-refractivity contribution is 5.90. The molecule has 0 spiro atoms. The van der Waals surface area contributed by atoms with Gasteiger partial charge in [0.1, 0.15) is 0 Å². The summed E-state index contributed by atoms with van der Waals surface area (Å²) in [6.45, 7) is 2.66. The Labute approximate surface area is 112 Å². The second-order valence-corrected chi connectivity index (χ2v) is 5.20. The molecule has 1 atom stereocenters. The maximum Gasteiger partial charge on any atom is 0.250 e. The number of pyridine rings is 1. The number of nitrogens with two attached hydrogens (primary N) is 1. The van der Waals surface area contributed by atoms with Crippen LogP contribution in [0.25, 0.3) is 0 Å². The van der Waals surface area contributed by atoms with Gasteiger partial charge in [-0.2, -0.15) is 0 Å². The van der Waals surface area contributed by atoms with E-state index < -0.39 is 0 Å². The van der Waals surface area contributed by atoms with E-state index in [4.69, 9.17) is 5.73 Å². The third-order valence-electron chi connectivity index (χ3n) is 3.38. The molecule has 0 bridgehead atoms. The van der Waals surface area contributed by atoms with E-state index in [1.165, 1.54) is 6.07 Å². The number of hydrogen-bond acceptors (Lipinski definition) is 3. The van der Waals surface area contributed by atoms with Gasteiger partial charge in [-0.15, -0.1) is 0 Å². The average Bonchev–Trinajstić information content (AvgIpc) is 3.17. The fraction of sp³-hybridized carbons (Fsp3) is 0.571. The Morgan fingerprint density at radius 3 is 2.89 bits per heavy atom. The van der Waals surface area contributed by atoms with Gasteiger partial charge >= 0.3 is 0 Å². The van der Waals surface area contributed by atoms with Crippen molar-refractivity contribution in [1.82, 2.24) is 4.57 Å². The highest BCUT2D eigenvalue weighted by atomic mass is 16.1. The Bertz CT molecular complexity index is 506. The van der Waals surface area contributed by atoms with Gasteiger partial charge in [0.05, 0.1) is 5.69 Å². The molecule has 0 saturated heterocycles. The Morgan fingerprint density at radius 1 is 1.53 bits per heavy atom. The van der Waals surface area contributed by atoms with Crippen LogP contribution in [0.5, 0.6) is 0 Å². The van der Waals surface area contributed by atoms with Crippen LogP contribution < -0.4 is 16.6 Å². The van der Waals surface area contributed by atoms with E-state index in [1.54, 1.807) is 16.8 Å². The van der Waals surface area contributed by atoms with Gasteiger partial charge in [0.25, 0.3) is 5.56 Å². The standard InChI is InChI=1S/C14H21N3O2/c1-2-7-17-9-11(5-6-14(17)19)16-13(18)8-12(15)10-3-4-10/h5-6,9-10,12H,2-4,7-8,15H2,1H3,(H,16,18). The topological polar surface area (TPSA) is 77.1 Å². The van der Waals surface area contributed by atoms with Gasteiger partial charge in [-0.05, 0) is 31.2 Å². The molecule has 3 N–H and O–H groups in total. The molecule has 1 aliphatic rings. The molecule has 0 radical (unpaired) electrons. The van der Waals surface area contributed by atoms with Gasteiger partial charge in [-0.1, -0.05) is 6.92 Å². The van der Waals surface area contributed by atoms with Gasteiger partial charge in [0.15, 0.2) is 0 Å². The molecular formula is C14H21N3O2. The fourth-order valence-corrected chi connectivity index (χ4v) is 2.14. The molecule has 5 nitrogen and oxygen atoms in total. The average molecular weight is 263 g/mol. The minimum absolute atomic E-state index is 0.0402. The lowest BCUT2D eigenvalue weighted by atomic mass is 10.1. The van der Waals surface area contributed by atoms with E-state index in [0.717, 1.165) is 19.3 Å². The Morgan fingerprint density at radius 2 is 2.26 bits per heavy atom. The zero-order chi connectivity index (χ0) is 13.8. The number of nitrogens with one attached hydrogen (secondary N) is 1. The molecule has 2 rings (SSSR count). The van der Waals surface area contributed by atoms with Crippen molar-refractivity contribution >= 4 is 11.6 Å². The second kappa shape index (κ2) is 6.02. The fourth-order valence-electron chi connectivity index (χ4n) is 2.14. The summed E-state index contributed by atoms with van der Waals surface area (Å²) < 4.78 is 1.61. The minimum atomic E-state index is -0.0823. The van der Waals surface area contributed by atoms with E-state index >= 15 is 0 Å². The van der Waals surface area contributed by atoms with Crippen LogP contribution in [0, 0.1) is 5.92 Å². The van der Waals surface area contributed by atoms with E-state index in [-0.39, 0.29) is 17.5 Å². The van der Waals surface area contributed by atoms with Crippen molar-refractivity contribution in [1.29, 1.82) is 0 Å². The number of anilines is 1. The van der Waals surface area contributed by atoms with Crippen LogP contribution >= 0.6 is 0 Å². The number of carbonyl (C=O) groups excluding carboxylic acids is 1. The smallest absolute Gasteiger partial charge is 0.250 e. The van der Waals surface area contributed by atoms with Crippen molar-refractivity contribution in [3.63, 3.8) is 0 Å². The van der Waals surface area contributed by atoms with Crippen LogP contribution in [0.2, 0.25) is 0 Å². The quantitative estimate of drug-likeness (QED) is 0.812. The number of rotatable bonds is 6. The third kappa shape index (κ3) is 3.92. The molecule has 1 aromatic rings. The van der Waals surface area contributed by atoms with Crippen LogP contribution in [-0.2, 0) is 11.3 Å². The van der Waals surface area contributed by atoms with E-state index in [2.05, 4.69) is 5.32 Å². The number of aryl methyl sites for hydroxylation is 1. The molecule has 1 saturated carbocycles. The highest BCUT2D eigenvalue weighted by Gasteiger charge is 2.29. The molecule has 1 amide bonds. The Hall–Kier alpha value is -1.62. The molecule has 1 unspecified atom stereocenters. The number of aromatic nitrogens is 1. The van der Waals surface area contributed by atoms with E-state index in [9.17, 15) is 9.59 Å². The summed E-state index contributed by atoms with van der Waals surface area (Å²) in [7, 11) is 0. The molecule has 1 aromatic heterocycles. The van der Waals surface area contributed by atoms with Crippen LogP contribution in [0.15, 0.2) is 23.1 Å². The minimum Gasteiger partial charge on any atom is -0.327 e. The summed E-state index contributed by atoms with van der Waals surface area (Å²) in [4.78, 5) is 23.4. The number of amides is 1. The predicted molar refractivity (Wildman–Crippen MR) is 74.9 cm³/mol. The van der Waals surface area contributed by atoms with Crippen molar-refractivity contribution in [3.8, 4) is 0 Å². The van der Waals surface area contributed by atoms with Crippen molar-refractivity contribution in [2.75, 3.05) is 5.32 Å². The van der Waals surface area contributed by atoms with Crippen molar-refractivity contribution in [2.45, 2.75) is 45.2 Å². The van der Waals surface area contributed by atoms with Gasteiger partial charge in [-0.25, -0.2) is 0 Å². The monoisotopic (exact) mass is 263 g/mol. The molecule has 5 heteroatoms. The summed E-state index contributed by atoms with van der Waals surface area (Å²) in [6.07, 6.45) is 5.18. The van der Waals surface area contributed by atoms with Crippen molar-refractivity contribution in [2.24, 2.45) is 11.7 Å². The first-order valence-electron chi connectivity index (χ1n) is 6.86. The molecule has 1 heterocycles. The number of hydrogen-bond donors (Lipinski definition) is 2. The highest BCUT2D eigenvalue weighted by Crippen LogP contribution is 2.32. The predicted octanol–water partition coefficient (Wildman–Crippen LogP) is 1.32.